The molecule has 0 aliphatic heterocycles. The van der Waals surface area contributed by atoms with Crippen molar-refractivity contribution in [3.8, 4) is 5.75 Å². The van der Waals surface area contributed by atoms with E-state index in [1.54, 1.807) is 54.6 Å². The third-order valence-electron chi connectivity index (χ3n) is 5.12. The zero-order valence-electron chi connectivity index (χ0n) is 19.9. The number of anilines is 1. The first-order chi connectivity index (χ1) is 17.4. The van der Waals surface area contributed by atoms with E-state index in [2.05, 4.69) is 10.6 Å². The average Bonchev–Trinajstić information content (AvgIpc) is 3.42. The molecule has 1 heterocycles. The van der Waals surface area contributed by atoms with Crippen LogP contribution in [0.25, 0.3) is 0 Å². The van der Waals surface area contributed by atoms with Gasteiger partial charge < -0.3 is 29.4 Å². The second kappa shape index (κ2) is 12.7. The van der Waals surface area contributed by atoms with E-state index < -0.39 is 36.3 Å². The molecule has 36 heavy (non-hydrogen) atoms. The summed E-state index contributed by atoms with van der Waals surface area (Å²) in [5.41, 5.74) is 1.31. The van der Waals surface area contributed by atoms with E-state index in [9.17, 15) is 19.2 Å². The molecule has 2 N–H and O–H groups in total. The zero-order valence-corrected chi connectivity index (χ0v) is 19.9. The van der Waals surface area contributed by atoms with Gasteiger partial charge in [-0.1, -0.05) is 36.4 Å². The van der Waals surface area contributed by atoms with Crippen LogP contribution < -0.4 is 15.4 Å². The maximum atomic E-state index is 12.8. The van der Waals surface area contributed by atoms with E-state index in [1.807, 2.05) is 6.07 Å². The van der Waals surface area contributed by atoms with Crippen LogP contribution in [0.5, 0.6) is 5.75 Å². The fraction of sp³-hybridized carbons (Fsp3) is 0.231. The van der Waals surface area contributed by atoms with Gasteiger partial charge in [0.05, 0.1) is 19.9 Å². The lowest BCUT2D eigenvalue weighted by Crippen LogP contribution is -2.44. The summed E-state index contributed by atoms with van der Waals surface area (Å²) in [4.78, 5) is 51.1. The van der Waals surface area contributed by atoms with Crippen molar-refractivity contribution < 1.29 is 33.1 Å². The summed E-state index contributed by atoms with van der Waals surface area (Å²) in [5, 5.41) is 5.25. The SMILES string of the molecule is COc1cccc(NC(=O)CN(C)C(=O)COC(=O)[C@H](Cc2ccccc2)NC(=O)c2ccco2)c1. The molecule has 3 rings (SSSR count). The Hall–Kier alpha value is -4.60. The molecule has 0 radical (unpaired) electrons. The van der Waals surface area contributed by atoms with Crippen molar-refractivity contribution in [2.75, 3.05) is 32.6 Å². The second-order valence-electron chi connectivity index (χ2n) is 7.83. The molecule has 10 nitrogen and oxygen atoms in total. The minimum absolute atomic E-state index is 0.0405. The lowest BCUT2D eigenvalue weighted by molar-refractivity contribution is -0.153. The molecular formula is C26H27N3O7. The molecule has 0 saturated heterocycles. The van der Waals surface area contributed by atoms with Crippen LogP contribution >= 0.6 is 0 Å². The molecule has 3 amide bonds. The van der Waals surface area contributed by atoms with Crippen molar-refractivity contribution in [1.82, 2.24) is 10.2 Å². The number of carbonyl (C=O) groups is 4. The quantitative estimate of drug-likeness (QED) is 0.392. The first-order valence-corrected chi connectivity index (χ1v) is 11.1. The molecule has 10 heteroatoms. The van der Waals surface area contributed by atoms with Crippen LogP contribution in [0.1, 0.15) is 16.1 Å². The van der Waals surface area contributed by atoms with E-state index in [1.165, 1.54) is 26.5 Å². The predicted molar refractivity (Wildman–Crippen MR) is 130 cm³/mol. The standard InChI is InChI=1S/C26H27N3O7/c1-29(16-23(30)27-19-10-6-11-20(15-19)34-2)24(31)17-36-26(33)21(14-18-8-4-3-5-9-18)28-25(32)22-12-7-13-35-22/h3-13,15,21H,14,16-17H2,1-2H3,(H,27,30)(H,28,32)/t21-/m0/s1. The van der Waals surface area contributed by atoms with E-state index in [0.29, 0.717) is 11.4 Å². The van der Waals surface area contributed by atoms with Gasteiger partial charge in [0.2, 0.25) is 5.91 Å². The highest BCUT2D eigenvalue weighted by atomic mass is 16.5. The number of hydrogen-bond donors (Lipinski definition) is 2. The van der Waals surface area contributed by atoms with Crippen LogP contribution in [-0.4, -0.2) is 61.9 Å². The molecule has 188 valence electrons. The van der Waals surface area contributed by atoms with E-state index in [0.717, 1.165) is 10.5 Å². The number of nitrogens with zero attached hydrogens (tertiary/aromatic N) is 1. The minimum atomic E-state index is -1.06. The number of ether oxygens (including phenoxy) is 2. The molecule has 1 aromatic heterocycles. The molecule has 0 unspecified atom stereocenters. The number of furan rings is 1. The maximum absolute atomic E-state index is 12.8. The third-order valence-corrected chi connectivity index (χ3v) is 5.12. The summed E-state index contributed by atoms with van der Waals surface area (Å²) in [7, 11) is 2.93. The van der Waals surface area contributed by atoms with Gasteiger partial charge in [-0.05, 0) is 29.8 Å². The number of rotatable bonds is 11. The Balaban J connectivity index is 1.54. The molecule has 0 aliphatic rings. The minimum Gasteiger partial charge on any atom is -0.497 e. The summed E-state index contributed by atoms with van der Waals surface area (Å²) in [6, 6.07) is 17.8. The average molecular weight is 494 g/mol. The van der Waals surface area contributed by atoms with Crippen molar-refractivity contribution in [1.29, 1.82) is 0 Å². The summed E-state index contributed by atoms with van der Waals surface area (Å²) < 4.78 is 15.4. The predicted octanol–water partition coefficient (Wildman–Crippen LogP) is 2.27. The Labute approximate surface area is 208 Å². The number of carbonyl (C=O) groups excluding carboxylic acids is 4. The highest BCUT2D eigenvalue weighted by Gasteiger charge is 2.26. The Morgan fingerprint density at radius 1 is 1.00 bits per heavy atom. The highest BCUT2D eigenvalue weighted by Crippen LogP contribution is 2.16. The van der Waals surface area contributed by atoms with Crippen LogP contribution in [0.3, 0.4) is 0 Å². The number of amides is 3. The van der Waals surface area contributed by atoms with Gasteiger partial charge in [-0.25, -0.2) is 4.79 Å². The number of nitrogens with one attached hydrogen (secondary N) is 2. The molecule has 0 spiro atoms. The fourth-order valence-electron chi connectivity index (χ4n) is 3.23. The lowest BCUT2D eigenvalue weighted by Gasteiger charge is -2.20. The Bertz CT molecular complexity index is 1180. The Kier molecular flexibility index (Phi) is 9.21. The van der Waals surface area contributed by atoms with Crippen molar-refractivity contribution in [3.05, 3.63) is 84.3 Å². The highest BCUT2D eigenvalue weighted by molar-refractivity contribution is 5.96. The number of hydrogen-bond acceptors (Lipinski definition) is 7. The molecule has 3 aromatic rings. The number of benzene rings is 2. The third kappa shape index (κ3) is 7.73. The zero-order chi connectivity index (χ0) is 25.9. The smallest absolute Gasteiger partial charge is 0.329 e. The summed E-state index contributed by atoms with van der Waals surface area (Å²) >= 11 is 0. The molecule has 0 bridgehead atoms. The first-order valence-electron chi connectivity index (χ1n) is 11.1. The van der Waals surface area contributed by atoms with Crippen LogP contribution in [0.2, 0.25) is 0 Å². The molecule has 0 fully saturated rings. The van der Waals surface area contributed by atoms with Crippen LogP contribution in [0, 0.1) is 0 Å². The van der Waals surface area contributed by atoms with E-state index in [-0.39, 0.29) is 18.7 Å². The van der Waals surface area contributed by atoms with Crippen molar-refractivity contribution in [2.45, 2.75) is 12.5 Å². The van der Waals surface area contributed by atoms with Gasteiger partial charge in [-0.3, -0.25) is 14.4 Å². The van der Waals surface area contributed by atoms with Gasteiger partial charge in [-0.15, -0.1) is 0 Å². The number of methoxy groups -OCH3 is 1. The molecule has 2 aromatic carbocycles. The largest absolute Gasteiger partial charge is 0.497 e. The summed E-state index contributed by atoms with van der Waals surface area (Å²) in [5.74, 6) is -1.78. The topological polar surface area (TPSA) is 127 Å². The van der Waals surface area contributed by atoms with Gasteiger partial charge in [0.15, 0.2) is 12.4 Å². The molecule has 0 aliphatic carbocycles. The monoisotopic (exact) mass is 493 g/mol. The van der Waals surface area contributed by atoms with Gasteiger partial charge in [-0.2, -0.15) is 0 Å². The van der Waals surface area contributed by atoms with Gasteiger partial charge in [0, 0.05) is 25.2 Å². The van der Waals surface area contributed by atoms with Gasteiger partial charge in [0.1, 0.15) is 11.8 Å². The molecule has 0 saturated carbocycles. The van der Waals surface area contributed by atoms with Crippen LogP contribution in [0.4, 0.5) is 5.69 Å². The maximum Gasteiger partial charge on any atom is 0.329 e. The summed E-state index contributed by atoms with van der Waals surface area (Å²) in [6.07, 6.45) is 1.50. The summed E-state index contributed by atoms with van der Waals surface area (Å²) in [6.45, 7) is -0.847. The van der Waals surface area contributed by atoms with E-state index >= 15 is 0 Å². The van der Waals surface area contributed by atoms with Crippen molar-refractivity contribution in [3.63, 3.8) is 0 Å². The van der Waals surface area contributed by atoms with Crippen molar-refractivity contribution in [2.24, 2.45) is 0 Å². The number of esters is 1. The Morgan fingerprint density at radius 3 is 2.47 bits per heavy atom. The fourth-order valence-corrected chi connectivity index (χ4v) is 3.23. The molecule has 1 atom stereocenters. The first kappa shape index (κ1) is 26.0. The normalized spacial score (nSPS) is 11.2. The van der Waals surface area contributed by atoms with Crippen LogP contribution in [-0.2, 0) is 25.5 Å². The van der Waals surface area contributed by atoms with Gasteiger partial charge in [0.25, 0.3) is 11.8 Å². The Morgan fingerprint density at radius 2 is 1.78 bits per heavy atom. The van der Waals surface area contributed by atoms with Crippen molar-refractivity contribution >= 4 is 29.4 Å². The van der Waals surface area contributed by atoms with E-state index in [4.69, 9.17) is 13.9 Å². The lowest BCUT2D eigenvalue weighted by atomic mass is 10.1. The molecular weight excluding hydrogens is 466 g/mol. The van der Waals surface area contributed by atoms with Gasteiger partial charge >= 0.3 is 5.97 Å². The second-order valence-corrected chi connectivity index (χ2v) is 7.83. The number of likely N-dealkylation sites (N-methyl/N-ethyl adjacent to an activating group) is 1. The van der Waals surface area contributed by atoms with Crippen LogP contribution in [0.15, 0.2) is 77.4 Å².